The fourth-order valence-corrected chi connectivity index (χ4v) is 2.28. The van der Waals surface area contributed by atoms with E-state index >= 15 is 0 Å². The van der Waals surface area contributed by atoms with E-state index < -0.39 is 24.1 Å². The highest BCUT2D eigenvalue weighted by molar-refractivity contribution is 5.98. The van der Waals surface area contributed by atoms with E-state index in [0.717, 1.165) is 10.5 Å². The summed E-state index contributed by atoms with van der Waals surface area (Å²) in [6, 6.07) is 17.3. The lowest BCUT2D eigenvalue weighted by Gasteiger charge is -2.28. The summed E-state index contributed by atoms with van der Waals surface area (Å²) in [5.74, 6) is -1.13. The van der Waals surface area contributed by atoms with Crippen molar-refractivity contribution in [3.8, 4) is 0 Å². The third-order valence-corrected chi connectivity index (χ3v) is 3.40. The molecule has 0 saturated carbocycles. The maximum Gasteiger partial charge on any atom is 0.413 e. The average Bonchev–Trinajstić information content (AvgIpc) is 2.60. The second kappa shape index (κ2) is 8.49. The Kier molecular flexibility index (Phi) is 6.11. The minimum Gasteiger partial charge on any atom is -0.465 e. The minimum absolute atomic E-state index is 0.220. The van der Waals surface area contributed by atoms with E-state index in [-0.39, 0.29) is 12.2 Å². The lowest BCUT2D eigenvalue weighted by Crippen LogP contribution is -2.58. The maximum absolute atomic E-state index is 12.5. The van der Waals surface area contributed by atoms with E-state index in [0.29, 0.717) is 0 Å². The van der Waals surface area contributed by atoms with Crippen LogP contribution in [-0.4, -0.2) is 29.2 Å². The van der Waals surface area contributed by atoms with E-state index in [1.54, 1.807) is 30.3 Å². The van der Waals surface area contributed by atoms with E-state index in [4.69, 9.17) is 0 Å². The molecule has 25 heavy (non-hydrogen) atoms. The lowest BCUT2D eigenvalue weighted by atomic mass is 10.2. The Morgan fingerprint density at radius 1 is 1.00 bits per heavy atom. The summed E-state index contributed by atoms with van der Waals surface area (Å²) in [5.41, 5.74) is 1.14. The second-order valence-corrected chi connectivity index (χ2v) is 5.29. The molecule has 1 unspecified atom stereocenters. The largest absolute Gasteiger partial charge is 0.465 e. The van der Waals surface area contributed by atoms with Crippen LogP contribution in [0.3, 0.4) is 0 Å². The molecule has 7 nitrogen and oxygen atoms in total. The molecular weight excluding hydrogens is 322 g/mol. The molecule has 0 aliphatic rings. The topological polar surface area (TPSA) is 98.7 Å². The molecule has 3 N–H and O–H groups in total. The Bertz CT molecular complexity index is 735. The van der Waals surface area contributed by atoms with Crippen molar-refractivity contribution in [2.24, 2.45) is 0 Å². The van der Waals surface area contributed by atoms with Crippen LogP contribution in [0, 0.1) is 0 Å². The van der Waals surface area contributed by atoms with Gasteiger partial charge in [-0.3, -0.25) is 9.59 Å². The summed E-state index contributed by atoms with van der Waals surface area (Å²) in [5, 5.41) is 14.6. The number of nitrogens with one attached hydrogen (secondary N) is 2. The van der Waals surface area contributed by atoms with Crippen LogP contribution >= 0.6 is 0 Å². The van der Waals surface area contributed by atoms with Crippen LogP contribution in [0.4, 0.5) is 10.5 Å². The van der Waals surface area contributed by atoms with Gasteiger partial charge in [0.25, 0.3) is 5.91 Å². The zero-order valence-corrected chi connectivity index (χ0v) is 13.7. The van der Waals surface area contributed by atoms with E-state index in [9.17, 15) is 19.5 Å². The van der Waals surface area contributed by atoms with Gasteiger partial charge in [0.05, 0.1) is 0 Å². The van der Waals surface area contributed by atoms with Gasteiger partial charge < -0.3 is 15.7 Å². The molecule has 0 saturated heterocycles. The highest BCUT2D eigenvalue weighted by atomic mass is 16.4. The van der Waals surface area contributed by atoms with E-state index in [2.05, 4.69) is 10.6 Å². The number of rotatable bonds is 6. The Hall–Kier alpha value is -3.35. The summed E-state index contributed by atoms with van der Waals surface area (Å²) < 4.78 is 0. The van der Waals surface area contributed by atoms with Crippen molar-refractivity contribution in [1.82, 2.24) is 10.6 Å². The number of nitrogens with zero attached hydrogens (tertiary/aromatic N) is 1. The van der Waals surface area contributed by atoms with Gasteiger partial charge in [-0.2, -0.15) is 0 Å². The zero-order valence-electron chi connectivity index (χ0n) is 13.7. The predicted molar refractivity (Wildman–Crippen MR) is 92.8 cm³/mol. The third-order valence-electron chi connectivity index (χ3n) is 3.40. The first-order valence-electron chi connectivity index (χ1n) is 7.65. The van der Waals surface area contributed by atoms with Crippen LogP contribution < -0.4 is 15.5 Å². The molecule has 0 radical (unpaired) electrons. The predicted octanol–water partition coefficient (Wildman–Crippen LogP) is 1.95. The molecule has 2 rings (SSSR count). The van der Waals surface area contributed by atoms with Crippen LogP contribution in [0.25, 0.3) is 0 Å². The van der Waals surface area contributed by atoms with Gasteiger partial charge in [-0.05, 0) is 17.7 Å². The van der Waals surface area contributed by atoms with Crippen LogP contribution in [0.5, 0.6) is 0 Å². The van der Waals surface area contributed by atoms with Crippen molar-refractivity contribution in [1.29, 1.82) is 0 Å². The fraction of sp³-hybridized carbons (Fsp3) is 0.167. The highest BCUT2D eigenvalue weighted by Gasteiger charge is 2.31. The summed E-state index contributed by atoms with van der Waals surface area (Å²) >= 11 is 0. The van der Waals surface area contributed by atoms with Crippen molar-refractivity contribution >= 4 is 23.6 Å². The molecule has 7 heteroatoms. The molecule has 0 fully saturated rings. The number of carbonyl (C=O) groups excluding carboxylic acids is 2. The van der Waals surface area contributed by atoms with Crippen LogP contribution in [-0.2, 0) is 16.1 Å². The maximum atomic E-state index is 12.5. The molecule has 0 spiro atoms. The quantitative estimate of drug-likeness (QED) is 0.699. The number of carbonyl (C=O) groups is 3. The van der Waals surface area contributed by atoms with Crippen molar-refractivity contribution < 1.29 is 19.5 Å². The van der Waals surface area contributed by atoms with Crippen LogP contribution in [0.1, 0.15) is 12.5 Å². The van der Waals surface area contributed by atoms with Gasteiger partial charge in [-0.15, -0.1) is 0 Å². The third kappa shape index (κ3) is 5.07. The first-order valence-corrected chi connectivity index (χ1v) is 7.65. The number of para-hydroxylation sites is 1. The number of amides is 3. The van der Waals surface area contributed by atoms with Gasteiger partial charge in [-0.1, -0.05) is 48.5 Å². The Balaban J connectivity index is 2.22. The summed E-state index contributed by atoms with van der Waals surface area (Å²) in [6.45, 7) is 1.44. The fourth-order valence-electron chi connectivity index (χ4n) is 2.28. The van der Waals surface area contributed by atoms with Crippen LogP contribution in [0.15, 0.2) is 60.7 Å². The molecule has 130 valence electrons. The average molecular weight is 341 g/mol. The summed E-state index contributed by atoms with van der Waals surface area (Å²) in [4.78, 5) is 36.5. The molecule has 3 amide bonds. The molecule has 0 aromatic heterocycles. The van der Waals surface area contributed by atoms with Gasteiger partial charge in [0, 0.05) is 19.2 Å². The van der Waals surface area contributed by atoms with E-state index in [1.807, 2.05) is 30.3 Å². The van der Waals surface area contributed by atoms with Crippen molar-refractivity contribution in [2.75, 3.05) is 4.90 Å². The van der Waals surface area contributed by atoms with Crippen molar-refractivity contribution in [2.45, 2.75) is 19.6 Å². The number of carboxylic acid groups (broad SMARTS) is 1. The first-order chi connectivity index (χ1) is 12.0. The standard InChI is InChI=1S/C18H19N3O4/c1-13(22)20-16(17(23)19-12-14-8-4-2-5-9-14)21(18(24)25)15-10-6-3-7-11-15/h2-11,16H,12H2,1H3,(H,19,23)(H,20,22)(H,24,25). The SMILES string of the molecule is CC(=O)NC(C(=O)NCc1ccccc1)N(C(=O)O)c1ccccc1. The molecule has 1 atom stereocenters. The first kappa shape index (κ1) is 18.0. The smallest absolute Gasteiger partial charge is 0.413 e. The molecule has 2 aromatic rings. The minimum atomic E-state index is -1.37. The highest BCUT2D eigenvalue weighted by Crippen LogP contribution is 2.16. The summed E-state index contributed by atoms with van der Waals surface area (Å²) in [7, 11) is 0. The number of hydrogen-bond acceptors (Lipinski definition) is 3. The second-order valence-electron chi connectivity index (χ2n) is 5.29. The summed E-state index contributed by atoms with van der Waals surface area (Å²) in [6.07, 6.45) is -2.72. The number of anilines is 1. The number of benzene rings is 2. The monoisotopic (exact) mass is 341 g/mol. The molecule has 0 aliphatic heterocycles. The van der Waals surface area contributed by atoms with Crippen LogP contribution in [0.2, 0.25) is 0 Å². The Morgan fingerprint density at radius 3 is 2.08 bits per heavy atom. The van der Waals surface area contributed by atoms with Gasteiger partial charge in [0.1, 0.15) is 0 Å². The van der Waals surface area contributed by atoms with Gasteiger partial charge >= 0.3 is 6.09 Å². The van der Waals surface area contributed by atoms with Crippen molar-refractivity contribution in [3.63, 3.8) is 0 Å². The normalized spacial score (nSPS) is 11.2. The molecule has 0 bridgehead atoms. The Labute approximate surface area is 145 Å². The Morgan fingerprint density at radius 2 is 1.56 bits per heavy atom. The van der Waals surface area contributed by atoms with Gasteiger partial charge in [0.15, 0.2) is 6.17 Å². The van der Waals surface area contributed by atoms with Gasteiger partial charge in [-0.25, -0.2) is 9.69 Å². The lowest BCUT2D eigenvalue weighted by molar-refractivity contribution is -0.128. The molecular formula is C18H19N3O4. The van der Waals surface area contributed by atoms with E-state index in [1.165, 1.54) is 6.92 Å². The number of hydrogen-bond donors (Lipinski definition) is 3. The van der Waals surface area contributed by atoms with Crippen molar-refractivity contribution in [3.05, 3.63) is 66.2 Å². The van der Waals surface area contributed by atoms with Gasteiger partial charge in [0.2, 0.25) is 5.91 Å². The molecule has 2 aromatic carbocycles. The zero-order chi connectivity index (χ0) is 18.2. The molecule has 0 aliphatic carbocycles. The molecule has 0 heterocycles.